The van der Waals surface area contributed by atoms with Crippen molar-refractivity contribution in [1.82, 2.24) is 34.9 Å². The first-order chi connectivity index (χ1) is 26.2. The monoisotopic (exact) mass is 679 g/mol. The molecule has 5 aromatic carbocycles. The van der Waals surface area contributed by atoms with Crippen molar-refractivity contribution >= 4 is 32.7 Å². The number of rotatable bonds is 6. The molecule has 7 nitrogen and oxygen atoms in total. The Morgan fingerprint density at radius 1 is 0.377 bits per heavy atom. The lowest BCUT2D eigenvalue weighted by molar-refractivity contribution is 0.766. The van der Waals surface area contributed by atoms with Crippen molar-refractivity contribution in [2.45, 2.75) is 0 Å². The van der Waals surface area contributed by atoms with E-state index >= 15 is 0 Å². The second-order valence-corrected chi connectivity index (χ2v) is 12.9. The van der Waals surface area contributed by atoms with Crippen LogP contribution >= 0.6 is 0 Å². The molecule has 0 aliphatic rings. The van der Waals surface area contributed by atoms with Crippen LogP contribution < -0.4 is 0 Å². The number of pyridine rings is 4. The lowest BCUT2D eigenvalue weighted by Gasteiger charge is -2.12. The van der Waals surface area contributed by atoms with E-state index in [1.165, 1.54) is 0 Å². The Bertz CT molecular complexity index is 2850. The van der Waals surface area contributed by atoms with Gasteiger partial charge in [-0.1, -0.05) is 97.1 Å². The van der Waals surface area contributed by atoms with E-state index < -0.39 is 0 Å². The smallest absolute Gasteiger partial charge is 0.122 e. The Morgan fingerprint density at radius 2 is 0.962 bits per heavy atom. The Labute approximate surface area is 304 Å². The van der Waals surface area contributed by atoms with Gasteiger partial charge in [-0.3, -0.25) is 9.97 Å². The maximum absolute atomic E-state index is 5.18. The first kappa shape index (κ1) is 30.4. The second kappa shape index (κ2) is 12.7. The van der Waals surface area contributed by atoms with Crippen molar-refractivity contribution in [2.75, 3.05) is 0 Å². The van der Waals surface area contributed by atoms with Gasteiger partial charge in [0.15, 0.2) is 0 Å². The first-order valence-corrected chi connectivity index (χ1v) is 17.5. The molecule has 0 spiro atoms. The van der Waals surface area contributed by atoms with Gasteiger partial charge in [-0.25, -0.2) is 9.97 Å². The molecule has 0 N–H and O–H groups in total. The van der Waals surface area contributed by atoms with E-state index in [4.69, 9.17) is 20.2 Å². The van der Waals surface area contributed by atoms with Crippen LogP contribution in [0.25, 0.3) is 94.7 Å². The van der Waals surface area contributed by atoms with Gasteiger partial charge >= 0.3 is 0 Å². The number of aromatic nitrogens is 7. The summed E-state index contributed by atoms with van der Waals surface area (Å²) in [6.07, 6.45) is 3.58. The van der Waals surface area contributed by atoms with Crippen molar-refractivity contribution in [2.24, 2.45) is 0 Å². The first-order valence-electron chi connectivity index (χ1n) is 17.5. The quantitative estimate of drug-likeness (QED) is 0.163. The van der Waals surface area contributed by atoms with Crippen molar-refractivity contribution in [3.63, 3.8) is 0 Å². The fourth-order valence-electron chi connectivity index (χ4n) is 6.98. The molecule has 0 aliphatic carbocycles. The van der Waals surface area contributed by atoms with Crippen molar-refractivity contribution < 1.29 is 0 Å². The van der Waals surface area contributed by atoms with E-state index in [-0.39, 0.29) is 0 Å². The minimum Gasteiger partial charge on any atom is -0.255 e. The molecule has 0 saturated heterocycles. The number of hydrogen-bond acceptors (Lipinski definition) is 6. The third-order valence-corrected chi connectivity index (χ3v) is 9.59. The summed E-state index contributed by atoms with van der Waals surface area (Å²) in [4.78, 5) is 20.9. The maximum atomic E-state index is 5.18. The molecule has 0 fully saturated rings. The molecule has 0 aliphatic heterocycles. The highest BCUT2D eigenvalue weighted by Gasteiger charge is 2.17. The zero-order valence-electron chi connectivity index (χ0n) is 28.4. The van der Waals surface area contributed by atoms with Gasteiger partial charge in [0.2, 0.25) is 0 Å². The highest BCUT2D eigenvalue weighted by Crippen LogP contribution is 2.37. The fraction of sp³-hybridized carbons (Fsp3) is 0. The summed E-state index contributed by atoms with van der Waals surface area (Å²) in [7, 11) is 0. The van der Waals surface area contributed by atoms with Gasteiger partial charge in [-0.15, -0.1) is 10.2 Å². The van der Waals surface area contributed by atoms with Crippen molar-refractivity contribution in [3.8, 4) is 62.0 Å². The molecular formula is C46H29N7. The van der Waals surface area contributed by atoms with Gasteiger partial charge in [0, 0.05) is 34.1 Å². The molecule has 5 heterocycles. The van der Waals surface area contributed by atoms with Crippen LogP contribution in [0.4, 0.5) is 0 Å². The maximum Gasteiger partial charge on any atom is 0.122 e. The Hall–Kier alpha value is -7.38. The van der Waals surface area contributed by atoms with E-state index in [9.17, 15) is 0 Å². The van der Waals surface area contributed by atoms with E-state index in [2.05, 4.69) is 94.9 Å². The Kier molecular flexibility index (Phi) is 7.32. The minimum absolute atomic E-state index is 0.805. The topological polar surface area (TPSA) is 82.3 Å². The molecule has 7 heteroatoms. The summed E-state index contributed by atoms with van der Waals surface area (Å²) in [5.41, 5.74) is 13.1. The number of nitrogens with zero attached hydrogens (tertiary/aromatic N) is 7. The average molecular weight is 680 g/mol. The molecule has 0 amide bonds. The van der Waals surface area contributed by atoms with E-state index in [0.717, 1.165) is 94.7 Å². The molecule has 53 heavy (non-hydrogen) atoms. The molecule has 5 aromatic heterocycles. The molecule has 0 radical (unpaired) electrons. The highest BCUT2D eigenvalue weighted by molar-refractivity contribution is 6.20. The van der Waals surface area contributed by atoms with Gasteiger partial charge in [0.1, 0.15) is 11.0 Å². The molecule has 0 saturated carbocycles. The fourth-order valence-corrected chi connectivity index (χ4v) is 6.98. The van der Waals surface area contributed by atoms with Gasteiger partial charge in [0.25, 0.3) is 0 Å². The van der Waals surface area contributed by atoms with Crippen LogP contribution in [0.15, 0.2) is 176 Å². The molecule has 0 atom stereocenters. The number of fused-ring (bicyclic) bond motifs is 5. The number of benzene rings is 5. The van der Waals surface area contributed by atoms with E-state index in [1.54, 1.807) is 17.2 Å². The summed E-state index contributed by atoms with van der Waals surface area (Å²) in [5, 5.41) is 13.0. The summed E-state index contributed by atoms with van der Waals surface area (Å²) >= 11 is 0. The van der Waals surface area contributed by atoms with Crippen LogP contribution in [0.5, 0.6) is 0 Å². The molecule has 10 rings (SSSR count). The van der Waals surface area contributed by atoms with Crippen LogP contribution in [0, 0.1) is 0 Å². The van der Waals surface area contributed by atoms with Gasteiger partial charge < -0.3 is 0 Å². The normalized spacial score (nSPS) is 11.4. The van der Waals surface area contributed by atoms with Gasteiger partial charge in [-0.05, 0) is 89.0 Å². The highest BCUT2D eigenvalue weighted by atomic mass is 15.5. The van der Waals surface area contributed by atoms with E-state index in [1.807, 2.05) is 78.9 Å². The number of hydrogen-bond donors (Lipinski definition) is 0. The number of para-hydroxylation sites is 2. The summed E-state index contributed by atoms with van der Waals surface area (Å²) in [5.74, 6) is 0. The molecule has 0 unspecified atom stereocenters. The molecule has 248 valence electrons. The molecule has 0 bridgehead atoms. The average Bonchev–Trinajstić information content (AvgIpc) is 3.69. The summed E-state index contributed by atoms with van der Waals surface area (Å²) in [6.45, 7) is 0. The molecular weight excluding hydrogens is 651 g/mol. The lowest BCUT2D eigenvalue weighted by Crippen LogP contribution is -1.97. The summed E-state index contributed by atoms with van der Waals surface area (Å²) in [6, 6.07) is 55.7. The Morgan fingerprint density at radius 3 is 1.60 bits per heavy atom. The van der Waals surface area contributed by atoms with Crippen LogP contribution in [0.2, 0.25) is 0 Å². The van der Waals surface area contributed by atoms with Crippen LogP contribution in [-0.4, -0.2) is 34.9 Å². The van der Waals surface area contributed by atoms with Gasteiger partial charge in [-0.2, -0.15) is 4.80 Å². The standard InChI is InChI=1S/C46H29N7/c1-2-10-35(11-3-1)53-51-41-25-24-37-44(46(41)52-53)36-12-4-5-13-38(36)50-45(37)33-22-20-31(21-23-33)30-16-18-32(19-17-30)34-28-42(39-14-6-8-26-47-39)49-43(29-34)40-15-7-9-27-48-40/h1-29H. The Balaban J connectivity index is 1.01. The summed E-state index contributed by atoms with van der Waals surface area (Å²) < 4.78 is 0. The van der Waals surface area contributed by atoms with Crippen LogP contribution in [0.1, 0.15) is 0 Å². The zero-order chi connectivity index (χ0) is 35.1. The predicted octanol–water partition coefficient (Wildman–Crippen LogP) is 10.6. The second-order valence-electron chi connectivity index (χ2n) is 12.9. The molecule has 10 aromatic rings. The lowest BCUT2D eigenvalue weighted by atomic mass is 9.96. The largest absolute Gasteiger partial charge is 0.255 e. The van der Waals surface area contributed by atoms with Crippen molar-refractivity contribution in [3.05, 3.63) is 176 Å². The van der Waals surface area contributed by atoms with Crippen LogP contribution in [-0.2, 0) is 0 Å². The van der Waals surface area contributed by atoms with E-state index in [0.29, 0.717) is 0 Å². The third-order valence-electron chi connectivity index (χ3n) is 9.59. The SMILES string of the molecule is c1ccc(-n2nc3ccc4c(-c5ccc(-c6ccc(-c7cc(-c8ccccn8)nc(-c8ccccn8)c7)cc6)cc5)nc5ccccc5c4c3n2)cc1. The zero-order valence-corrected chi connectivity index (χ0v) is 28.4. The van der Waals surface area contributed by atoms with Gasteiger partial charge in [0.05, 0.1) is 39.7 Å². The third kappa shape index (κ3) is 5.57. The van der Waals surface area contributed by atoms with Crippen LogP contribution in [0.3, 0.4) is 0 Å². The van der Waals surface area contributed by atoms with Crippen molar-refractivity contribution in [1.29, 1.82) is 0 Å². The predicted molar refractivity (Wildman–Crippen MR) is 212 cm³/mol. The minimum atomic E-state index is 0.805.